The lowest BCUT2D eigenvalue weighted by Crippen LogP contribution is -2.39. The molecule has 1 atom stereocenters. The van der Waals surface area contributed by atoms with Crippen LogP contribution in [-0.4, -0.2) is 41.9 Å². The lowest BCUT2D eigenvalue weighted by molar-refractivity contribution is -0.129. The van der Waals surface area contributed by atoms with Crippen LogP contribution in [0.4, 0.5) is 0 Å². The van der Waals surface area contributed by atoms with Gasteiger partial charge in [-0.1, -0.05) is 54.6 Å². The molecule has 0 bridgehead atoms. The zero-order valence-corrected chi connectivity index (χ0v) is 21.3. The summed E-state index contributed by atoms with van der Waals surface area (Å²) < 4.78 is 10.2. The number of ketones is 2. The van der Waals surface area contributed by atoms with Crippen LogP contribution in [0.15, 0.2) is 78.9 Å². The van der Waals surface area contributed by atoms with Crippen molar-refractivity contribution in [1.82, 2.24) is 5.32 Å². The van der Waals surface area contributed by atoms with Crippen LogP contribution < -0.4 is 14.8 Å². The van der Waals surface area contributed by atoms with Crippen molar-refractivity contribution >= 4 is 29.6 Å². The van der Waals surface area contributed by atoms with Gasteiger partial charge >= 0.3 is 0 Å². The first-order chi connectivity index (χ1) is 18.2. The van der Waals surface area contributed by atoms with Gasteiger partial charge in [-0.05, 0) is 53.1 Å². The van der Waals surface area contributed by atoms with E-state index in [2.05, 4.69) is 5.32 Å². The van der Waals surface area contributed by atoms with Gasteiger partial charge in [0.25, 0.3) is 0 Å². The van der Waals surface area contributed by atoms with E-state index in [4.69, 9.17) is 9.47 Å². The number of nitrogens with one attached hydrogen (secondary N) is 1. The van der Waals surface area contributed by atoms with Crippen molar-refractivity contribution in [3.8, 4) is 23.0 Å². The highest BCUT2D eigenvalue weighted by Crippen LogP contribution is 2.29. The number of methoxy groups -OCH3 is 2. The second-order valence-electron chi connectivity index (χ2n) is 8.40. The van der Waals surface area contributed by atoms with Crippen molar-refractivity contribution < 1.29 is 34.1 Å². The van der Waals surface area contributed by atoms with Crippen LogP contribution in [0.5, 0.6) is 23.0 Å². The van der Waals surface area contributed by atoms with Gasteiger partial charge in [-0.2, -0.15) is 0 Å². The second-order valence-corrected chi connectivity index (χ2v) is 8.40. The molecule has 1 amide bonds. The van der Waals surface area contributed by atoms with Crippen molar-refractivity contribution in [3.63, 3.8) is 0 Å². The maximum absolute atomic E-state index is 13.5. The third-order valence-electron chi connectivity index (χ3n) is 5.75. The van der Waals surface area contributed by atoms with Crippen molar-refractivity contribution in [2.45, 2.75) is 13.0 Å². The number of rotatable bonds is 11. The van der Waals surface area contributed by atoms with E-state index in [9.17, 15) is 24.6 Å². The van der Waals surface area contributed by atoms with Gasteiger partial charge in [0.2, 0.25) is 5.91 Å². The lowest BCUT2D eigenvalue weighted by Gasteiger charge is -2.25. The van der Waals surface area contributed by atoms with Crippen LogP contribution >= 0.6 is 0 Å². The average Bonchev–Trinajstić information content (AvgIpc) is 2.92. The first-order valence-electron chi connectivity index (χ1n) is 11.7. The van der Waals surface area contributed by atoms with E-state index >= 15 is 0 Å². The summed E-state index contributed by atoms with van der Waals surface area (Å²) in [6, 6.07) is 17.0. The Bertz CT molecular complexity index is 1290. The van der Waals surface area contributed by atoms with Crippen molar-refractivity contribution in [1.29, 1.82) is 0 Å². The summed E-state index contributed by atoms with van der Waals surface area (Å²) in [4.78, 5) is 39.1. The van der Waals surface area contributed by atoms with Gasteiger partial charge in [-0.25, -0.2) is 0 Å². The van der Waals surface area contributed by atoms with E-state index in [1.54, 1.807) is 54.6 Å². The molecular weight excluding hydrogens is 486 g/mol. The molecule has 0 radical (unpaired) electrons. The molecule has 0 saturated carbocycles. The monoisotopic (exact) mass is 515 g/mol. The maximum Gasteiger partial charge on any atom is 0.217 e. The highest BCUT2D eigenvalue weighted by molar-refractivity contribution is 6.14. The van der Waals surface area contributed by atoms with Crippen LogP contribution in [0.2, 0.25) is 0 Å². The van der Waals surface area contributed by atoms with Gasteiger partial charge < -0.3 is 25.0 Å². The molecule has 3 aromatic rings. The summed E-state index contributed by atoms with van der Waals surface area (Å²) in [5.74, 6) is -2.35. The van der Waals surface area contributed by atoms with Gasteiger partial charge in [0.15, 0.2) is 34.6 Å². The number of phenolic OH excluding ortho intramolecular Hbond substituents is 2. The van der Waals surface area contributed by atoms with E-state index in [0.29, 0.717) is 16.7 Å². The van der Waals surface area contributed by atoms with Crippen LogP contribution in [-0.2, 0) is 14.4 Å². The quantitative estimate of drug-likeness (QED) is 0.254. The average molecular weight is 516 g/mol. The van der Waals surface area contributed by atoms with E-state index < -0.39 is 29.4 Å². The number of amides is 1. The van der Waals surface area contributed by atoms with E-state index in [-0.39, 0.29) is 23.0 Å². The normalized spacial score (nSPS) is 12.7. The highest BCUT2D eigenvalue weighted by atomic mass is 16.5. The number of allylic oxidation sites excluding steroid dienone is 2. The van der Waals surface area contributed by atoms with Gasteiger partial charge in [0.1, 0.15) is 5.92 Å². The second kappa shape index (κ2) is 12.9. The van der Waals surface area contributed by atoms with E-state index in [0.717, 1.165) is 0 Å². The molecule has 0 spiro atoms. The molecule has 8 heteroatoms. The van der Waals surface area contributed by atoms with Crippen molar-refractivity contribution in [3.05, 3.63) is 95.6 Å². The topological polar surface area (TPSA) is 122 Å². The molecule has 3 rings (SSSR count). The van der Waals surface area contributed by atoms with Crippen LogP contribution in [0.3, 0.4) is 0 Å². The molecule has 0 aliphatic carbocycles. The molecule has 0 aromatic heterocycles. The fraction of sp³-hybridized carbons (Fsp3) is 0.167. The number of aromatic hydroxyl groups is 2. The Morgan fingerprint density at radius 3 is 1.66 bits per heavy atom. The molecule has 0 aliphatic rings. The molecule has 196 valence electrons. The summed E-state index contributed by atoms with van der Waals surface area (Å²) >= 11 is 0. The molecule has 0 aliphatic heterocycles. The SMILES string of the molecule is COc1cc(C=CC(=O)C(C(=O)C=Cc2ccc(O)c(OC)c2)C(NC(C)=O)c2ccccc2)ccc1O. The fourth-order valence-electron chi connectivity index (χ4n) is 3.87. The van der Waals surface area contributed by atoms with E-state index in [1.807, 2.05) is 0 Å². The minimum Gasteiger partial charge on any atom is -0.504 e. The number of carbonyl (C=O) groups excluding carboxylic acids is 3. The Hall–Kier alpha value is -4.85. The van der Waals surface area contributed by atoms with Crippen LogP contribution in [0, 0.1) is 5.92 Å². The Labute approximate surface area is 220 Å². The van der Waals surface area contributed by atoms with Crippen LogP contribution in [0.25, 0.3) is 12.2 Å². The summed E-state index contributed by atoms with van der Waals surface area (Å²) in [6.45, 7) is 1.32. The molecule has 38 heavy (non-hydrogen) atoms. The fourth-order valence-corrected chi connectivity index (χ4v) is 3.87. The zero-order chi connectivity index (χ0) is 27.7. The predicted octanol–water partition coefficient (Wildman–Crippen LogP) is 4.47. The van der Waals surface area contributed by atoms with Crippen molar-refractivity contribution in [2.24, 2.45) is 5.92 Å². The number of hydrogen-bond donors (Lipinski definition) is 3. The van der Waals surface area contributed by atoms with Crippen LogP contribution in [0.1, 0.15) is 29.7 Å². The van der Waals surface area contributed by atoms with Gasteiger partial charge in [0, 0.05) is 6.92 Å². The number of hydrogen-bond acceptors (Lipinski definition) is 7. The maximum atomic E-state index is 13.5. The van der Waals surface area contributed by atoms with Gasteiger partial charge in [-0.15, -0.1) is 0 Å². The first-order valence-corrected chi connectivity index (χ1v) is 11.7. The minimum absolute atomic E-state index is 0.0465. The highest BCUT2D eigenvalue weighted by Gasteiger charge is 2.34. The standard InChI is InChI=1S/C30H29NO7/c1-19(32)31-30(22-7-5-4-6-8-22)29(25(35)15-11-20-9-13-23(33)27(17-20)37-2)26(36)16-12-21-10-14-24(34)28(18-21)38-3/h4-18,29-30,33-34H,1-3H3,(H,31,32). The summed E-state index contributed by atoms with van der Waals surface area (Å²) in [5.41, 5.74) is 1.73. The molecular formula is C30H29NO7. The molecule has 3 aromatic carbocycles. The molecule has 0 fully saturated rings. The molecule has 8 nitrogen and oxygen atoms in total. The Balaban J connectivity index is 2.00. The number of carbonyl (C=O) groups is 3. The molecule has 0 saturated heterocycles. The number of benzene rings is 3. The summed E-state index contributed by atoms with van der Waals surface area (Å²) in [6.07, 6.45) is 5.55. The van der Waals surface area contributed by atoms with Crippen molar-refractivity contribution in [2.75, 3.05) is 14.2 Å². The molecule has 0 heterocycles. The smallest absolute Gasteiger partial charge is 0.217 e. The predicted molar refractivity (Wildman–Crippen MR) is 144 cm³/mol. The van der Waals surface area contributed by atoms with Gasteiger partial charge in [-0.3, -0.25) is 14.4 Å². The zero-order valence-electron chi connectivity index (χ0n) is 21.3. The minimum atomic E-state index is -1.27. The third kappa shape index (κ3) is 7.10. The molecule has 1 unspecified atom stereocenters. The number of phenols is 2. The summed E-state index contributed by atoms with van der Waals surface area (Å²) in [7, 11) is 2.83. The summed E-state index contributed by atoms with van der Waals surface area (Å²) in [5, 5.41) is 22.4. The van der Waals surface area contributed by atoms with Gasteiger partial charge in [0.05, 0.1) is 20.3 Å². The largest absolute Gasteiger partial charge is 0.504 e. The third-order valence-corrected chi connectivity index (χ3v) is 5.75. The number of ether oxygens (including phenoxy) is 2. The Morgan fingerprint density at radius 2 is 1.24 bits per heavy atom. The molecule has 3 N–H and O–H groups in total. The lowest BCUT2D eigenvalue weighted by atomic mass is 9.85. The Kier molecular flexibility index (Phi) is 9.42. The van der Waals surface area contributed by atoms with E-state index in [1.165, 1.54) is 57.6 Å². The first kappa shape index (κ1) is 27.7. The Morgan fingerprint density at radius 1 is 0.763 bits per heavy atom.